The Balaban J connectivity index is 0.000000811. The van der Waals surface area contributed by atoms with Crippen LogP contribution in [-0.4, -0.2) is 19.8 Å². The van der Waals surface area contributed by atoms with Crippen molar-refractivity contribution in [1.82, 2.24) is 0 Å². The maximum atomic E-state index is 10.9. The van der Waals surface area contributed by atoms with Crippen molar-refractivity contribution in [1.29, 1.82) is 0 Å². The molecule has 0 spiro atoms. The van der Waals surface area contributed by atoms with E-state index in [1.807, 2.05) is 6.79 Å². The van der Waals surface area contributed by atoms with Crippen molar-refractivity contribution in [3.8, 4) is 0 Å². The van der Waals surface area contributed by atoms with Gasteiger partial charge in [-0.2, -0.15) is 0 Å². The largest absolute Gasteiger partial charge is 1.00 e. The molecule has 84 valence electrons. The van der Waals surface area contributed by atoms with Gasteiger partial charge in [-0.15, -0.1) is 0 Å². The minimum Gasteiger partial charge on any atom is -0.744 e. The Bertz CT molecular complexity index is 590. The van der Waals surface area contributed by atoms with Gasteiger partial charge in [-0.05, 0) is 16.8 Å². The molecule has 0 bridgehead atoms. The Morgan fingerprint density at radius 2 is 1.47 bits per heavy atom. The Morgan fingerprint density at radius 1 is 0.941 bits per heavy atom. The summed E-state index contributed by atoms with van der Waals surface area (Å²) < 4.78 is 32.7. The van der Waals surface area contributed by atoms with Gasteiger partial charge < -0.3 is 9.35 Å². The summed E-state index contributed by atoms with van der Waals surface area (Å²) >= 11 is 0. The first-order chi connectivity index (χ1) is 7.59. The number of fused-ring (bicyclic) bond motifs is 1. The van der Waals surface area contributed by atoms with E-state index in [-0.39, 0.29) is 34.5 Å². The third kappa shape index (κ3) is 3.90. The molecule has 0 atom stereocenters. The van der Waals surface area contributed by atoms with Gasteiger partial charge in [0.15, 0.2) is 0 Å². The van der Waals surface area contributed by atoms with E-state index in [9.17, 15) is 13.0 Å². The van der Waals surface area contributed by atoms with Crippen LogP contribution in [-0.2, 0) is 14.9 Å². The first kappa shape index (κ1) is 16.3. The van der Waals surface area contributed by atoms with Crippen molar-refractivity contribution in [3.63, 3.8) is 0 Å². The molecule has 0 saturated heterocycles. The van der Waals surface area contributed by atoms with Gasteiger partial charge in [0.05, 0.1) is 4.90 Å². The van der Waals surface area contributed by atoms with Gasteiger partial charge in [-0.25, -0.2) is 8.42 Å². The third-order valence-corrected chi connectivity index (χ3v) is 2.91. The predicted molar refractivity (Wildman–Crippen MR) is 59.0 cm³/mol. The number of carbonyl (C=O) groups is 1. The van der Waals surface area contributed by atoms with Crippen molar-refractivity contribution in [2.75, 3.05) is 0 Å². The van der Waals surface area contributed by atoms with Crippen LogP contribution in [0, 0.1) is 0 Å². The maximum Gasteiger partial charge on any atom is 1.00 e. The van der Waals surface area contributed by atoms with Gasteiger partial charge in [0.25, 0.3) is 0 Å². The zero-order chi connectivity index (χ0) is 12.2. The predicted octanol–water partition coefficient (Wildman–Crippen LogP) is -1.44. The van der Waals surface area contributed by atoms with Crippen molar-refractivity contribution in [3.05, 3.63) is 42.5 Å². The smallest absolute Gasteiger partial charge is 0.744 e. The Hall–Kier alpha value is -0.720. The summed E-state index contributed by atoms with van der Waals surface area (Å²) in [5.41, 5.74) is 0. The summed E-state index contributed by atoms with van der Waals surface area (Å²) in [5.74, 6) is 0. The van der Waals surface area contributed by atoms with Crippen LogP contribution < -0.4 is 29.6 Å². The van der Waals surface area contributed by atoms with Gasteiger partial charge >= 0.3 is 29.6 Å². The molecule has 0 N–H and O–H groups in total. The van der Waals surface area contributed by atoms with E-state index in [0.717, 1.165) is 5.39 Å². The fourth-order valence-electron chi connectivity index (χ4n) is 1.41. The van der Waals surface area contributed by atoms with Crippen LogP contribution in [0.1, 0.15) is 0 Å². The second-order valence-corrected chi connectivity index (χ2v) is 4.28. The van der Waals surface area contributed by atoms with E-state index in [1.54, 1.807) is 36.4 Å². The molecule has 17 heavy (non-hydrogen) atoms. The molecule has 0 heterocycles. The molecule has 2 aromatic carbocycles. The molecular formula is C11H9NaO4S. The summed E-state index contributed by atoms with van der Waals surface area (Å²) in [5, 5.41) is 1.23. The van der Waals surface area contributed by atoms with Crippen LogP contribution in [0.3, 0.4) is 0 Å². The van der Waals surface area contributed by atoms with Crippen molar-refractivity contribution in [2.45, 2.75) is 4.90 Å². The molecule has 0 fully saturated rings. The summed E-state index contributed by atoms with van der Waals surface area (Å²) in [6.45, 7) is 2.00. The topological polar surface area (TPSA) is 74.3 Å². The Labute approximate surface area is 122 Å². The second kappa shape index (κ2) is 6.88. The summed E-state index contributed by atoms with van der Waals surface area (Å²) in [6.07, 6.45) is 0. The quantitative estimate of drug-likeness (QED) is 0.465. The van der Waals surface area contributed by atoms with Crippen LogP contribution in [0.15, 0.2) is 47.4 Å². The van der Waals surface area contributed by atoms with Crippen LogP contribution >= 0.6 is 0 Å². The second-order valence-electron chi connectivity index (χ2n) is 2.93. The van der Waals surface area contributed by atoms with E-state index in [1.165, 1.54) is 6.07 Å². The van der Waals surface area contributed by atoms with E-state index in [2.05, 4.69) is 0 Å². The minimum absolute atomic E-state index is 0. The normalized spacial score (nSPS) is 9.94. The summed E-state index contributed by atoms with van der Waals surface area (Å²) in [4.78, 5) is 7.84. The molecule has 0 aliphatic carbocycles. The molecule has 0 amide bonds. The van der Waals surface area contributed by atoms with Gasteiger partial charge in [0, 0.05) is 0 Å². The van der Waals surface area contributed by atoms with Crippen LogP contribution in [0.25, 0.3) is 10.8 Å². The Kier molecular flexibility index (Phi) is 6.59. The number of carbonyl (C=O) groups excluding carboxylic acids is 1. The van der Waals surface area contributed by atoms with Crippen LogP contribution in [0.4, 0.5) is 0 Å². The number of rotatable bonds is 1. The van der Waals surface area contributed by atoms with Crippen molar-refractivity contribution < 1.29 is 47.3 Å². The van der Waals surface area contributed by atoms with Crippen molar-refractivity contribution >= 4 is 27.7 Å². The van der Waals surface area contributed by atoms with Gasteiger partial charge in [-0.3, -0.25) is 0 Å². The SMILES string of the molecule is C=O.O=S(=O)([O-])c1cccc2ccccc12.[Na+]. The molecule has 0 saturated carbocycles. The van der Waals surface area contributed by atoms with Crippen LogP contribution in [0.2, 0.25) is 0 Å². The first-order valence-corrected chi connectivity index (χ1v) is 5.72. The van der Waals surface area contributed by atoms with E-state index < -0.39 is 10.1 Å². The van der Waals surface area contributed by atoms with Gasteiger partial charge in [-0.1, -0.05) is 36.4 Å². The third-order valence-electron chi connectivity index (χ3n) is 2.02. The zero-order valence-electron chi connectivity index (χ0n) is 9.29. The molecule has 4 nitrogen and oxygen atoms in total. The first-order valence-electron chi connectivity index (χ1n) is 4.31. The monoisotopic (exact) mass is 260 g/mol. The Morgan fingerprint density at radius 3 is 2.06 bits per heavy atom. The van der Waals surface area contributed by atoms with E-state index >= 15 is 0 Å². The molecule has 2 rings (SSSR count). The molecule has 0 aliphatic rings. The average molecular weight is 260 g/mol. The molecule has 2 aromatic rings. The zero-order valence-corrected chi connectivity index (χ0v) is 12.1. The molecule has 0 unspecified atom stereocenters. The standard InChI is InChI=1S/C10H8O3S.CH2O.Na/c11-14(12,13)10-7-3-5-8-4-1-2-6-9(8)10;1-2;/h1-7H,(H,11,12,13);1H2;/q;;+1/p-1. The van der Waals surface area contributed by atoms with Crippen LogP contribution in [0.5, 0.6) is 0 Å². The number of hydrogen-bond acceptors (Lipinski definition) is 4. The fraction of sp³-hybridized carbons (Fsp3) is 0. The minimum atomic E-state index is -4.38. The maximum absolute atomic E-state index is 10.9. The van der Waals surface area contributed by atoms with E-state index in [0.29, 0.717) is 5.39 Å². The summed E-state index contributed by atoms with van der Waals surface area (Å²) in [6, 6.07) is 11.5. The molecular weight excluding hydrogens is 251 g/mol. The number of hydrogen-bond donors (Lipinski definition) is 0. The van der Waals surface area contributed by atoms with Gasteiger partial charge in [0.2, 0.25) is 0 Å². The average Bonchev–Trinajstić information content (AvgIpc) is 2.30. The van der Waals surface area contributed by atoms with Crippen molar-refractivity contribution in [2.24, 2.45) is 0 Å². The number of benzene rings is 2. The molecule has 0 aliphatic heterocycles. The summed E-state index contributed by atoms with van der Waals surface area (Å²) in [7, 11) is -4.38. The molecule has 0 radical (unpaired) electrons. The fourth-order valence-corrected chi connectivity index (χ4v) is 2.11. The van der Waals surface area contributed by atoms with Gasteiger partial charge in [0.1, 0.15) is 16.9 Å². The molecule has 0 aromatic heterocycles. The van der Waals surface area contributed by atoms with E-state index in [4.69, 9.17) is 4.79 Å². The molecule has 6 heteroatoms.